The van der Waals surface area contributed by atoms with E-state index in [1.165, 1.54) is 0 Å². The van der Waals surface area contributed by atoms with Crippen molar-refractivity contribution in [3.05, 3.63) is 53.6 Å². The Bertz CT molecular complexity index is 989. The number of carbonyl (C=O) groups is 1. The molecule has 1 aromatic heterocycles. The number of carbonyl (C=O) groups excluding carboxylic acids is 1. The van der Waals surface area contributed by atoms with Crippen molar-refractivity contribution in [3.8, 4) is 6.01 Å². The number of amides is 1. The number of benzene rings is 1. The van der Waals surface area contributed by atoms with Gasteiger partial charge in [0.05, 0.1) is 0 Å². The lowest BCUT2D eigenvalue weighted by Crippen LogP contribution is -2.35. The van der Waals surface area contributed by atoms with Gasteiger partial charge >= 0.3 is 12.1 Å². The lowest BCUT2D eigenvalue weighted by molar-refractivity contribution is -0.195. The van der Waals surface area contributed by atoms with Crippen molar-refractivity contribution in [3.63, 3.8) is 0 Å². The number of ether oxygens (including phenoxy) is 5. The first-order valence-corrected chi connectivity index (χ1v) is 9.47. The molecule has 29 heavy (non-hydrogen) atoms. The maximum absolute atomic E-state index is 12.0. The smallest absolute Gasteiger partial charge is 0.435 e. The van der Waals surface area contributed by atoms with Crippen LogP contribution in [0.1, 0.15) is 25.6 Å². The van der Waals surface area contributed by atoms with E-state index in [4.69, 9.17) is 23.7 Å². The molecule has 9 heteroatoms. The van der Waals surface area contributed by atoms with Crippen molar-refractivity contribution in [2.24, 2.45) is 4.99 Å². The van der Waals surface area contributed by atoms with Gasteiger partial charge in [0.1, 0.15) is 31.5 Å². The van der Waals surface area contributed by atoms with Gasteiger partial charge in [-0.25, -0.2) is 4.79 Å². The molecule has 0 spiro atoms. The molecule has 4 atom stereocenters. The van der Waals surface area contributed by atoms with E-state index >= 15 is 0 Å². The van der Waals surface area contributed by atoms with Crippen molar-refractivity contribution in [2.75, 3.05) is 6.61 Å². The highest BCUT2D eigenvalue weighted by atomic mass is 16.8. The Morgan fingerprint density at radius 3 is 2.86 bits per heavy atom. The largest absolute Gasteiger partial charge is 0.462 e. The van der Waals surface area contributed by atoms with Crippen LogP contribution in [-0.4, -0.2) is 46.4 Å². The summed E-state index contributed by atoms with van der Waals surface area (Å²) >= 11 is 0. The zero-order valence-electron chi connectivity index (χ0n) is 16.1. The predicted octanol–water partition coefficient (Wildman–Crippen LogP) is 1.93. The average Bonchev–Trinajstić information content (AvgIpc) is 3.10. The lowest BCUT2D eigenvalue weighted by atomic mass is 10.1. The molecular weight excluding hydrogens is 378 g/mol. The number of hydrogen-bond donors (Lipinski definition) is 0. The van der Waals surface area contributed by atoms with Crippen LogP contribution < -0.4 is 10.2 Å². The summed E-state index contributed by atoms with van der Waals surface area (Å²) in [6, 6.07) is 11.3. The van der Waals surface area contributed by atoms with Crippen LogP contribution in [-0.2, 0) is 25.6 Å². The van der Waals surface area contributed by atoms with Crippen LogP contribution in [0.3, 0.4) is 0 Å². The summed E-state index contributed by atoms with van der Waals surface area (Å²) in [5.41, 5.74) is 1.09. The lowest BCUT2D eigenvalue weighted by Gasteiger charge is -2.23. The van der Waals surface area contributed by atoms with Crippen molar-refractivity contribution in [2.45, 2.75) is 50.8 Å². The summed E-state index contributed by atoms with van der Waals surface area (Å²) in [5.74, 6) is -0.675. The summed E-state index contributed by atoms with van der Waals surface area (Å²) < 4.78 is 30.7. The van der Waals surface area contributed by atoms with Crippen molar-refractivity contribution >= 4 is 6.09 Å². The molecule has 3 aliphatic rings. The zero-order valence-corrected chi connectivity index (χ0v) is 16.1. The minimum absolute atomic E-state index is 0.146. The zero-order chi connectivity index (χ0) is 20.0. The Hall–Kier alpha value is -2.75. The maximum atomic E-state index is 12.0. The van der Waals surface area contributed by atoms with Gasteiger partial charge in [-0.2, -0.15) is 9.98 Å². The standard InChI is InChI=1S/C20H21N3O6/c1-20(2)28-15-13-11-25-18-21-14(8-9-23(18)17(27-13)16(15)29-20)22-19(24)26-10-12-6-4-3-5-7-12/h3-9,13,15-17H,10-11H2,1-2H3/t13-,15-,16-,17-/m1/s1. The molecule has 4 heterocycles. The predicted molar refractivity (Wildman–Crippen MR) is 97.6 cm³/mol. The van der Waals surface area contributed by atoms with E-state index in [0.29, 0.717) is 6.01 Å². The average molecular weight is 399 g/mol. The number of nitrogens with zero attached hydrogens (tertiary/aromatic N) is 3. The van der Waals surface area contributed by atoms with E-state index in [1.54, 1.807) is 16.8 Å². The first-order valence-electron chi connectivity index (χ1n) is 9.47. The molecule has 2 fully saturated rings. The molecule has 0 saturated carbocycles. The Morgan fingerprint density at radius 2 is 2.03 bits per heavy atom. The van der Waals surface area contributed by atoms with Gasteiger partial charge < -0.3 is 23.7 Å². The Kier molecular flexibility index (Phi) is 4.38. The van der Waals surface area contributed by atoms with E-state index in [2.05, 4.69) is 9.98 Å². The van der Waals surface area contributed by atoms with Gasteiger partial charge in [0.15, 0.2) is 17.5 Å². The molecule has 1 aromatic carbocycles. The third kappa shape index (κ3) is 3.52. The molecule has 0 unspecified atom stereocenters. The van der Waals surface area contributed by atoms with E-state index in [1.807, 2.05) is 44.2 Å². The van der Waals surface area contributed by atoms with E-state index in [-0.39, 0.29) is 37.0 Å². The Labute approximate surface area is 166 Å². The van der Waals surface area contributed by atoms with Gasteiger partial charge in [0.2, 0.25) is 0 Å². The van der Waals surface area contributed by atoms with Crippen LogP contribution in [0.25, 0.3) is 0 Å². The second-order valence-electron chi connectivity index (χ2n) is 7.57. The van der Waals surface area contributed by atoms with Crippen molar-refractivity contribution in [1.29, 1.82) is 0 Å². The highest BCUT2D eigenvalue weighted by molar-refractivity contribution is 5.68. The summed E-state index contributed by atoms with van der Waals surface area (Å²) in [4.78, 5) is 20.3. The van der Waals surface area contributed by atoms with Gasteiger partial charge in [0.25, 0.3) is 0 Å². The van der Waals surface area contributed by atoms with Gasteiger partial charge in [-0.15, -0.1) is 0 Å². The highest BCUT2D eigenvalue weighted by Gasteiger charge is 2.57. The highest BCUT2D eigenvalue weighted by Crippen LogP contribution is 2.45. The molecule has 9 nitrogen and oxygen atoms in total. The fraction of sp³-hybridized carbons (Fsp3) is 0.450. The topological polar surface area (TPSA) is 93.4 Å². The van der Waals surface area contributed by atoms with Crippen LogP contribution >= 0.6 is 0 Å². The SMILES string of the molecule is CC1(C)O[C@@H]2[C@H](O1)[C@H]1COc3nc(=NC(=O)OCc4ccccc4)ccn3[C@@H]2O1. The number of hydrogen-bond acceptors (Lipinski definition) is 7. The molecule has 3 aliphatic heterocycles. The van der Waals surface area contributed by atoms with E-state index in [0.717, 1.165) is 5.56 Å². The van der Waals surface area contributed by atoms with Crippen LogP contribution in [0, 0.1) is 0 Å². The maximum Gasteiger partial charge on any atom is 0.435 e. The summed E-state index contributed by atoms with van der Waals surface area (Å²) in [6.45, 7) is 4.18. The van der Waals surface area contributed by atoms with Crippen molar-refractivity contribution in [1.82, 2.24) is 9.55 Å². The minimum atomic E-state index is -0.716. The summed E-state index contributed by atoms with van der Waals surface area (Å²) in [6.07, 6.45) is -0.140. The molecule has 2 saturated heterocycles. The van der Waals surface area contributed by atoms with Gasteiger partial charge in [-0.05, 0) is 25.5 Å². The normalized spacial score (nSPS) is 29.5. The van der Waals surface area contributed by atoms with Gasteiger partial charge in [-0.1, -0.05) is 30.3 Å². The number of fused-ring (bicyclic) bond motifs is 7. The molecule has 5 rings (SSSR count). The van der Waals surface area contributed by atoms with E-state index < -0.39 is 18.1 Å². The third-order valence-electron chi connectivity index (χ3n) is 5.00. The minimum Gasteiger partial charge on any atom is -0.462 e. The first kappa shape index (κ1) is 18.3. The monoisotopic (exact) mass is 399 g/mol. The molecule has 152 valence electrons. The number of aromatic nitrogens is 2. The fourth-order valence-electron chi connectivity index (χ4n) is 3.79. The Morgan fingerprint density at radius 1 is 1.24 bits per heavy atom. The van der Waals surface area contributed by atoms with E-state index in [9.17, 15) is 4.79 Å². The van der Waals surface area contributed by atoms with Crippen LogP contribution in [0.15, 0.2) is 47.6 Å². The molecule has 1 amide bonds. The van der Waals surface area contributed by atoms with Gasteiger partial charge in [-0.3, -0.25) is 4.57 Å². The summed E-state index contributed by atoms with van der Waals surface area (Å²) in [5, 5.41) is 0. The summed E-state index contributed by atoms with van der Waals surface area (Å²) in [7, 11) is 0. The quantitative estimate of drug-likeness (QED) is 0.762. The van der Waals surface area contributed by atoms with Crippen molar-refractivity contribution < 1.29 is 28.5 Å². The molecular formula is C20H21N3O6. The van der Waals surface area contributed by atoms with Crippen LogP contribution in [0.2, 0.25) is 0 Å². The Balaban J connectivity index is 1.35. The first-order chi connectivity index (χ1) is 14.0. The molecule has 0 aliphatic carbocycles. The second kappa shape index (κ2) is 6.94. The fourth-order valence-corrected chi connectivity index (χ4v) is 3.79. The molecule has 2 aromatic rings. The van der Waals surface area contributed by atoms with Crippen LogP contribution in [0.5, 0.6) is 6.01 Å². The molecule has 0 N–H and O–H groups in total. The third-order valence-corrected chi connectivity index (χ3v) is 5.00. The molecule has 0 radical (unpaired) electrons. The molecule has 2 bridgehead atoms. The second-order valence-corrected chi connectivity index (χ2v) is 7.57. The van der Waals surface area contributed by atoms with Gasteiger partial charge in [0, 0.05) is 6.20 Å². The number of rotatable bonds is 2. The van der Waals surface area contributed by atoms with Crippen LogP contribution in [0.4, 0.5) is 4.79 Å².